The lowest BCUT2D eigenvalue weighted by molar-refractivity contribution is 0.658. The van der Waals surface area contributed by atoms with Gasteiger partial charge in [-0.2, -0.15) is 0 Å². The summed E-state index contributed by atoms with van der Waals surface area (Å²) in [5.74, 6) is 0.375. The fraction of sp³-hybridized carbons (Fsp3) is 0.333. The first kappa shape index (κ1) is 12.9. The van der Waals surface area contributed by atoms with Crippen LogP contribution < -0.4 is 0 Å². The maximum atomic E-state index is 6.01. The van der Waals surface area contributed by atoms with Gasteiger partial charge in [0.05, 0.1) is 11.4 Å². The highest BCUT2D eigenvalue weighted by atomic mass is 35.5. The predicted octanol–water partition coefficient (Wildman–Crippen LogP) is 5.09. The van der Waals surface area contributed by atoms with Crippen molar-refractivity contribution in [2.24, 2.45) is 0 Å². The van der Waals surface area contributed by atoms with Gasteiger partial charge >= 0.3 is 0 Å². The number of nitrogens with zero attached hydrogens (tertiary/aromatic N) is 2. The largest absolute Gasteiger partial charge is 0.234 e. The van der Waals surface area contributed by atoms with E-state index in [2.05, 4.69) is 29.0 Å². The summed E-state index contributed by atoms with van der Waals surface area (Å²) < 4.78 is 0. The monoisotopic (exact) mass is 292 g/mol. The zero-order valence-corrected chi connectivity index (χ0v) is 12.2. The molecule has 0 aromatic carbocycles. The Morgan fingerprint density at radius 1 is 0.947 bits per heavy atom. The van der Waals surface area contributed by atoms with Crippen LogP contribution in [0.2, 0.25) is 10.3 Å². The number of pyridine rings is 2. The van der Waals surface area contributed by atoms with E-state index < -0.39 is 0 Å². The maximum Gasteiger partial charge on any atom is 0.129 e. The molecule has 98 valence electrons. The van der Waals surface area contributed by atoms with Gasteiger partial charge in [0.25, 0.3) is 0 Å². The second kappa shape index (κ2) is 5.10. The third-order valence-corrected chi connectivity index (χ3v) is 4.03. The van der Waals surface area contributed by atoms with Crippen LogP contribution in [0.25, 0.3) is 11.4 Å². The minimum absolute atomic E-state index is 0.375. The van der Waals surface area contributed by atoms with Gasteiger partial charge in [-0.25, -0.2) is 9.97 Å². The van der Waals surface area contributed by atoms with Crippen LogP contribution in [0.3, 0.4) is 0 Å². The Bertz CT molecular complexity index is 574. The SMILES string of the molecule is CCCCC1c2ccc(Cl)nc2-c2nc(Cl)ccc21. The van der Waals surface area contributed by atoms with Crippen LogP contribution >= 0.6 is 23.2 Å². The Hall–Kier alpha value is -1.12. The third-order valence-electron chi connectivity index (χ3n) is 3.61. The minimum Gasteiger partial charge on any atom is -0.234 e. The van der Waals surface area contributed by atoms with Gasteiger partial charge < -0.3 is 0 Å². The van der Waals surface area contributed by atoms with Crippen molar-refractivity contribution < 1.29 is 0 Å². The summed E-state index contributed by atoms with van der Waals surface area (Å²) in [5.41, 5.74) is 4.24. The van der Waals surface area contributed by atoms with E-state index >= 15 is 0 Å². The highest BCUT2D eigenvalue weighted by Crippen LogP contribution is 2.45. The molecule has 0 fully saturated rings. The highest BCUT2D eigenvalue weighted by Gasteiger charge is 2.30. The van der Waals surface area contributed by atoms with Crippen LogP contribution in [0.15, 0.2) is 24.3 Å². The molecule has 19 heavy (non-hydrogen) atoms. The smallest absolute Gasteiger partial charge is 0.129 e. The zero-order chi connectivity index (χ0) is 13.4. The second-order valence-electron chi connectivity index (χ2n) is 4.84. The zero-order valence-electron chi connectivity index (χ0n) is 10.7. The van der Waals surface area contributed by atoms with Gasteiger partial charge in [-0.3, -0.25) is 0 Å². The maximum absolute atomic E-state index is 6.01. The quantitative estimate of drug-likeness (QED) is 0.737. The van der Waals surface area contributed by atoms with E-state index in [-0.39, 0.29) is 0 Å². The van der Waals surface area contributed by atoms with E-state index in [9.17, 15) is 0 Å². The van der Waals surface area contributed by atoms with E-state index in [0.717, 1.165) is 17.8 Å². The van der Waals surface area contributed by atoms with Gasteiger partial charge in [-0.05, 0) is 29.7 Å². The molecular weight excluding hydrogens is 279 g/mol. The van der Waals surface area contributed by atoms with Crippen molar-refractivity contribution >= 4 is 23.2 Å². The van der Waals surface area contributed by atoms with Crippen molar-refractivity contribution in [2.45, 2.75) is 32.1 Å². The number of rotatable bonds is 3. The molecule has 0 saturated heterocycles. The summed E-state index contributed by atoms with van der Waals surface area (Å²) in [5, 5.41) is 1.00. The van der Waals surface area contributed by atoms with E-state index in [4.69, 9.17) is 23.2 Å². The van der Waals surface area contributed by atoms with Crippen LogP contribution in [-0.2, 0) is 0 Å². The molecule has 0 radical (unpaired) electrons. The number of halogens is 2. The predicted molar refractivity (Wildman–Crippen MR) is 78.9 cm³/mol. The molecule has 2 heterocycles. The minimum atomic E-state index is 0.375. The van der Waals surface area contributed by atoms with Crippen molar-refractivity contribution in [1.29, 1.82) is 0 Å². The average Bonchev–Trinajstić information content (AvgIpc) is 2.69. The summed E-state index contributed by atoms with van der Waals surface area (Å²) in [7, 11) is 0. The summed E-state index contributed by atoms with van der Waals surface area (Å²) >= 11 is 12.0. The third kappa shape index (κ3) is 2.24. The van der Waals surface area contributed by atoms with Crippen molar-refractivity contribution in [3.63, 3.8) is 0 Å². The molecule has 0 atom stereocenters. The lowest BCUT2D eigenvalue weighted by atomic mass is 9.93. The molecule has 0 saturated carbocycles. The van der Waals surface area contributed by atoms with Crippen LogP contribution in [-0.4, -0.2) is 9.97 Å². The fourth-order valence-electron chi connectivity index (χ4n) is 2.72. The summed E-state index contributed by atoms with van der Waals surface area (Å²) in [6.07, 6.45) is 3.49. The molecule has 0 bridgehead atoms. The van der Waals surface area contributed by atoms with Crippen LogP contribution in [0.4, 0.5) is 0 Å². The normalized spacial score (nSPS) is 13.4. The number of unbranched alkanes of at least 4 members (excludes halogenated alkanes) is 1. The van der Waals surface area contributed by atoms with Gasteiger partial charge in [-0.15, -0.1) is 0 Å². The number of fused-ring (bicyclic) bond motifs is 3. The van der Waals surface area contributed by atoms with Crippen molar-refractivity contribution in [3.05, 3.63) is 45.7 Å². The molecule has 0 spiro atoms. The first-order valence-electron chi connectivity index (χ1n) is 6.54. The lowest BCUT2D eigenvalue weighted by Crippen LogP contribution is -1.97. The molecule has 0 aliphatic heterocycles. The fourth-order valence-corrected chi connectivity index (χ4v) is 3.02. The number of hydrogen-bond donors (Lipinski definition) is 0. The molecule has 2 nitrogen and oxygen atoms in total. The number of aromatic nitrogens is 2. The molecule has 2 aromatic heterocycles. The summed E-state index contributed by atoms with van der Waals surface area (Å²) in [4.78, 5) is 8.88. The van der Waals surface area contributed by atoms with Gasteiger partial charge in [0.2, 0.25) is 0 Å². The second-order valence-corrected chi connectivity index (χ2v) is 5.61. The Labute approximate surface area is 122 Å². The van der Waals surface area contributed by atoms with E-state index in [0.29, 0.717) is 16.2 Å². The van der Waals surface area contributed by atoms with E-state index in [1.807, 2.05) is 12.1 Å². The van der Waals surface area contributed by atoms with Crippen molar-refractivity contribution in [1.82, 2.24) is 9.97 Å². The van der Waals surface area contributed by atoms with Gasteiger partial charge in [0.1, 0.15) is 10.3 Å². The molecule has 1 aliphatic carbocycles. The Morgan fingerprint density at radius 3 is 1.95 bits per heavy atom. The first-order valence-corrected chi connectivity index (χ1v) is 7.29. The first-order chi connectivity index (χ1) is 9.20. The molecule has 2 aromatic rings. The Balaban J connectivity index is 2.15. The molecular formula is C15H14Cl2N2. The Morgan fingerprint density at radius 2 is 1.47 bits per heavy atom. The van der Waals surface area contributed by atoms with Crippen molar-refractivity contribution in [3.8, 4) is 11.4 Å². The lowest BCUT2D eigenvalue weighted by Gasteiger charge is -2.12. The van der Waals surface area contributed by atoms with E-state index in [1.165, 1.54) is 24.0 Å². The topological polar surface area (TPSA) is 25.8 Å². The van der Waals surface area contributed by atoms with Crippen LogP contribution in [0.5, 0.6) is 0 Å². The number of hydrogen-bond acceptors (Lipinski definition) is 2. The molecule has 4 heteroatoms. The van der Waals surface area contributed by atoms with Gasteiger partial charge in [-0.1, -0.05) is 55.1 Å². The summed E-state index contributed by atoms with van der Waals surface area (Å²) in [6.45, 7) is 2.21. The standard InChI is InChI=1S/C15H14Cl2N2/c1-2-3-4-9-10-5-7-12(16)18-14(10)15-11(9)6-8-13(17)19-15/h5-9H,2-4H2,1H3. The average molecular weight is 293 g/mol. The van der Waals surface area contributed by atoms with Gasteiger partial charge in [0, 0.05) is 5.92 Å². The molecule has 0 unspecified atom stereocenters. The van der Waals surface area contributed by atoms with Crippen LogP contribution in [0.1, 0.15) is 43.2 Å². The molecule has 0 amide bonds. The summed E-state index contributed by atoms with van der Waals surface area (Å²) in [6, 6.07) is 7.85. The molecule has 0 N–H and O–H groups in total. The van der Waals surface area contributed by atoms with Crippen LogP contribution in [0, 0.1) is 0 Å². The van der Waals surface area contributed by atoms with Crippen molar-refractivity contribution in [2.75, 3.05) is 0 Å². The van der Waals surface area contributed by atoms with E-state index in [1.54, 1.807) is 0 Å². The Kier molecular flexibility index (Phi) is 3.46. The highest BCUT2D eigenvalue weighted by molar-refractivity contribution is 6.30. The van der Waals surface area contributed by atoms with Gasteiger partial charge in [0.15, 0.2) is 0 Å². The molecule has 3 rings (SSSR count). The molecule has 1 aliphatic rings.